The Morgan fingerprint density at radius 1 is 1.18 bits per heavy atom. The fourth-order valence-electron chi connectivity index (χ4n) is 3.02. The largest absolute Gasteiger partial charge is 0.492 e. The predicted molar refractivity (Wildman–Crippen MR) is 109 cm³/mol. The first kappa shape index (κ1) is 18.6. The number of para-hydroxylation sites is 1. The van der Waals surface area contributed by atoms with E-state index in [-0.39, 0.29) is 5.91 Å². The summed E-state index contributed by atoms with van der Waals surface area (Å²) < 4.78 is 7.47. The van der Waals surface area contributed by atoms with Gasteiger partial charge < -0.3 is 9.64 Å². The van der Waals surface area contributed by atoms with Crippen LogP contribution in [-0.4, -0.2) is 40.8 Å². The van der Waals surface area contributed by atoms with Crippen LogP contribution in [0, 0.1) is 0 Å². The Morgan fingerprint density at radius 2 is 1.89 bits per heavy atom. The van der Waals surface area contributed by atoms with E-state index in [1.807, 2.05) is 48.5 Å². The van der Waals surface area contributed by atoms with Crippen LogP contribution in [-0.2, 0) is 0 Å². The molecule has 1 aliphatic carbocycles. The molecule has 0 spiro atoms. The van der Waals surface area contributed by atoms with Crippen molar-refractivity contribution in [1.29, 1.82) is 0 Å². The van der Waals surface area contributed by atoms with Gasteiger partial charge in [-0.1, -0.05) is 29.8 Å². The van der Waals surface area contributed by atoms with Gasteiger partial charge in [0.15, 0.2) is 0 Å². The Bertz CT molecular complexity index is 950. The molecule has 0 bridgehead atoms. The second-order valence-electron chi connectivity index (χ2n) is 7.01. The van der Waals surface area contributed by atoms with Gasteiger partial charge in [-0.2, -0.15) is 5.10 Å². The molecule has 1 aromatic heterocycles. The third-order valence-electron chi connectivity index (χ3n) is 4.80. The molecule has 0 radical (unpaired) electrons. The monoisotopic (exact) mass is 395 g/mol. The van der Waals surface area contributed by atoms with Gasteiger partial charge in [0, 0.05) is 18.0 Å². The van der Waals surface area contributed by atoms with Crippen LogP contribution in [0.4, 0.5) is 0 Å². The van der Waals surface area contributed by atoms with E-state index in [0.29, 0.717) is 29.8 Å². The summed E-state index contributed by atoms with van der Waals surface area (Å²) in [7, 11) is 1.78. The summed E-state index contributed by atoms with van der Waals surface area (Å²) in [6.45, 7) is 0.874. The first-order chi connectivity index (χ1) is 13.6. The van der Waals surface area contributed by atoms with Gasteiger partial charge in [0.05, 0.1) is 17.9 Å². The number of hydrogen-bond donors (Lipinski definition) is 0. The van der Waals surface area contributed by atoms with E-state index in [1.165, 1.54) is 0 Å². The molecule has 0 atom stereocenters. The van der Waals surface area contributed by atoms with Crippen molar-refractivity contribution in [3.63, 3.8) is 0 Å². The Balaban J connectivity index is 1.46. The summed E-state index contributed by atoms with van der Waals surface area (Å²) in [6.07, 6.45) is 2.29. The van der Waals surface area contributed by atoms with E-state index in [9.17, 15) is 4.79 Å². The fraction of sp³-hybridized carbons (Fsp3) is 0.273. The molecule has 3 aromatic rings. The van der Waals surface area contributed by atoms with E-state index in [0.717, 1.165) is 30.0 Å². The molecule has 0 N–H and O–H groups in total. The van der Waals surface area contributed by atoms with Crippen LogP contribution in [0.5, 0.6) is 5.75 Å². The minimum absolute atomic E-state index is 0.0667. The number of carbonyl (C=O) groups excluding carboxylic acids is 1. The molecule has 1 amide bonds. The number of likely N-dealkylation sites (N-methyl/N-ethyl adjacent to an activating group) is 1. The fourth-order valence-corrected chi connectivity index (χ4v) is 3.15. The van der Waals surface area contributed by atoms with E-state index in [2.05, 4.69) is 0 Å². The lowest BCUT2D eigenvalue weighted by Crippen LogP contribution is -2.32. The van der Waals surface area contributed by atoms with E-state index >= 15 is 0 Å². The van der Waals surface area contributed by atoms with Crippen molar-refractivity contribution in [3.8, 4) is 11.4 Å². The number of amides is 1. The molecule has 5 nitrogen and oxygen atoms in total. The maximum Gasteiger partial charge on any atom is 0.272 e. The summed E-state index contributed by atoms with van der Waals surface area (Å²) in [6, 6.07) is 18.9. The van der Waals surface area contributed by atoms with Crippen molar-refractivity contribution in [1.82, 2.24) is 14.7 Å². The Kier molecular flexibility index (Phi) is 5.35. The standard InChI is InChI=1S/C22H22ClN3O2/c1-25(13-14-28-19-11-9-17(23)10-12-19)22(27)21-15-20(16-7-8-16)24-26(21)18-5-3-2-4-6-18/h2-6,9-12,15-16H,7-8,13-14H2,1H3. The number of halogens is 1. The SMILES string of the molecule is CN(CCOc1ccc(Cl)cc1)C(=O)c1cc(C2CC2)nn1-c1ccccc1. The van der Waals surface area contributed by atoms with Crippen LogP contribution in [0.1, 0.15) is 34.9 Å². The molecular formula is C22H22ClN3O2. The van der Waals surface area contributed by atoms with Crippen LogP contribution in [0.3, 0.4) is 0 Å². The number of aromatic nitrogens is 2. The average molecular weight is 396 g/mol. The lowest BCUT2D eigenvalue weighted by molar-refractivity contribution is 0.0765. The van der Waals surface area contributed by atoms with E-state index in [1.54, 1.807) is 28.8 Å². The zero-order chi connectivity index (χ0) is 19.5. The summed E-state index contributed by atoms with van der Waals surface area (Å²) in [5.41, 5.74) is 2.48. The van der Waals surface area contributed by atoms with E-state index < -0.39 is 0 Å². The molecule has 6 heteroatoms. The number of nitrogens with zero attached hydrogens (tertiary/aromatic N) is 3. The molecule has 2 aromatic carbocycles. The topological polar surface area (TPSA) is 47.4 Å². The van der Waals surface area contributed by atoms with Gasteiger partial charge in [-0.05, 0) is 55.3 Å². The summed E-state index contributed by atoms with van der Waals surface area (Å²) in [5.74, 6) is 1.15. The second kappa shape index (κ2) is 8.07. The first-order valence-corrected chi connectivity index (χ1v) is 9.79. The minimum Gasteiger partial charge on any atom is -0.492 e. The van der Waals surface area contributed by atoms with Crippen molar-refractivity contribution >= 4 is 17.5 Å². The Labute approximate surface area is 169 Å². The highest BCUT2D eigenvalue weighted by Gasteiger charge is 2.29. The molecule has 1 fully saturated rings. The third kappa shape index (κ3) is 4.20. The number of rotatable bonds is 7. The molecule has 28 heavy (non-hydrogen) atoms. The predicted octanol–water partition coefficient (Wildman–Crippen LogP) is 4.55. The molecule has 0 saturated heterocycles. The Hall–Kier alpha value is -2.79. The lowest BCUT2D eigenvalue weighted by atomic mass is 10.2. The van der Waals surface area contributed by atoms with E-state index in [4.69, 9.17) is 21.4 Å². The van der Waals surface area contributed by atoms with Crippen molar-refractivity contribution < 1.29 is 9.53 Å². The van der Waals surface area contributed by atoms with Gasteiger partial charge in [0.1, 0.15) is 18.1 Å². The van der Waals surface area contributed by atoms with Crippen LogP contribution < -0.4 is 4.74 Å². The molecule has 1 aliphatic rings. The first-order valence-electron chi connectivity index (χ1n) is 9.41. The van der Waals surface area contributed by atoms with Crippen molar-refractivity contribution in [2.75, 3.05) is 20.2 Å². The van der Waals surface area contributed by atoms with Gasteiger partial charge in [0.2, 0.25) is 0 Å². The summed E-state index contributed by atoms with van der Waals surface area (Å²) in [4.78, 5) is 14.7. The molecular weight excluding hydrogens is 374 g/mol. The van der Waals surface area contributed by atoms with Gasteiger partial charge >= 0.3 is 0 Å². The summed E-state index contributed by atoms with van der Waals surface area (Å²) in [5, 5.41) is 5.37. The van der Waals surface area contributed by atoms with Crippen molar-refractivity contribution in [3.05, 3.63) is 77.1 Å². The highest BCUT2D eigenvalue weighted by Crippen LogP contribution is 2.39. The molecule has 0 unspecified atom stereocenters. The second-order valence-corrected chi connectivity index (χ2v) is 7.44. The maximum atomic E-state index is 13.1. The quantitative estimate of drug-likeness (QED) is 0.589. The van der Waals surface area contributed by atoms with Crippen LogP contribution >= 0.6 is 11.6 Å². The number of ether oxygens (including phenoxy) is 1. The van der Waals surface area contributed by atoms with Gasteiger partial charge in [-0.25, -0.2) is 4.68 Å². The number of hydrogen-bond acceptors (Lipinski definition) is 3. The van der Waals surface area contributed by atoms with Gasteiger partial charge in [-0.15, -0.1) is 0 Å². The zero-order valence-corrected chi connectivity index (χ0v) is 16.5. The van der Waals surface area contributed by atoms with Crippen molar-refractivity contribution in [2.45, 2.75) is 18.8 Å². The normalized spacial score (nSPS) is 13.4. The molecule has 1 saturated carbocycles. The molecule has 144 valence electrons. The molecule has 1 heterocycles. The van der Waals surface area contributed by atoms with Gasteiger partial charge in [-0.3, -0.25) is 4.79 Å². The zero-order valence-electron chi connectivity index (χ0n) is 15.7. The van der Waals surface area contributed by atoms with Crippen LogP contribution in [0.15, 0.2) is 60.7 Å². The molecule has 0 aliphatic heterocycles. The number of benzene rings is 2. The highest BCUT2D eigenvalue weighted by atomic mass is 35.5. The van der Waals surface area contributed by atoms with Gasteiger partial charge in [0.25, 0.3) is 5.91 Å². The highest BCUT2D eigenvalue weighted by molar-refractivity contribution is 6.30. The van der Waals surface area contributed by atoms with Crippen LogP contribution in [0.25, 0.3) is 5.69 Å². The summed E-state index contributed by atoms with van der Waals surface area (Å²) >= 11 is 5.88. The van der Waals surface area contributed by atoms with Crippen molar-refractivity contribution in [2.24, 2.45) is 0 Å². The average Bonchev–Trinajstić information content (AvgIpc) is 3.48. The minimum atomic E-state index is -0.0667. The Morgan fingerprint density at radius 3 is 2.57 bits per heavy atom. The smallest absolute Gasteiger partial charge is 0.272 e. The van der Waals surface area contributed by atoms with Crippen LogP contribution in [0.2, 0.25) is 5.02 Å². The molecule has 4 rings (SSSR count). The maximum absolute atomic E-state index is 13.1. The number of carbonyl (C=O) groups is 1. The lowest BCUT2D eigenvalue weighted by Gasteiger charge is -2.18. The third-order valence-corrected chi connectivity index (χ3v) is 5.05.